The van der Waals surface area contributed by atoms with Crippen molar-refractivity contribution in [1.29, 1.82) is 0 Å². The highest BCUT2D eigenvalue weighted by molar-refractivity contribution is 6.00. The smallest absolute Gasteiger partial charge is 0.427 e. The first-order chi connectivity index (χ1) is 18.3. The monoisotopic (exact) mass is 520 g/mol. The molecule has 3 unspecified atom stereocenters. The fourth-order valence-electron chi connectivity index (χ4n) is 5.82. The molecule has 0 N–H and O–H groups in total. The van der Waals surface area contributed by atoms with Gasteiger partial charge in [0, 0.05) is 31.0 Å². The number of carbonyl (C=O) groups excluding carboxylic acids is 2. The van der Waals surface area contributed by atoms with Crippen molar-refractivity contribution in [1.82, 2.24) is 19.6 Å². The van der Waals surface area contributed by atoms with E-state index >= 15 is 0 Å². The van der Waals surface area contributed by atoms with Gasteiger partial charge in [-0.2, -0.15) is 5.10 Å². The van der Waals surface area contributed by atoms with Crippen LogP contribution in [-0.2, 0) is 17.9 Å². The first-order valence-corrected chi connectivity index (χ1v) is 13.2. The molecule has 1 spiro atoms. The van der Waals surface area contributed by atoms with E-state index < -0.39 is 11.9 Å². The molecule has 0 aliphatic carbocycles. The van der Waals surface area contributed by atoms with E-state index in [1.54, 1.807) is 23.0 Å². The Hall–Kier alpha value is -3.56. The number of aromatic nitrogens is 2. The van der Waals surface area contributed by atoms with Gasteiger partial charge in [0.1, 0.15) is 24.7 Å². The molecule has 8 nitrogen and oxygen atoms in total. The van der Waals surface area contributed by atoms with Crippen LogP contribution < -0.4 is 4.74 Å². The predicted octanol–water partition coefficient (Wildman–Crippen LogP) is 4.23. The largest absolute Gasteiger partial charge is 0.491 e. The van der Waals surface area contributed by atoms with E-state index in [4.69, 9.17) is 4.74 Å². The molecule has 5 rings (SSSR count). The van der Waals surface area contributed by atoms with E-state index in [2.05, 4.69) is 29.1 Å². The molecule has 1 aromatic heterocycles. The van der Waals surface area contributed by atoms with Gasteiger partial charge in [-0.3, -0.25) is 14.4 Å². The zero-order valence-electron chi connectivity index (χ0n) is 22.2. The molecule has 2 fully saturated rings. The van der Waals surface area contributed by atoms with Crippen molar-refractivity contribution in [2.24, 2.45) is 0 Å². The Morgan fingerprint density at radius 2 is 1.92 bits per heavy atom. The summed E-state index contributed by atoms with van der Waals surface area (Å²) in [4.78, 5) is 31.5. The van der Waals surface area contributed by atoms with Crippen molar-refractivity contribution < 1.29 is 23.2 Å². The minimum Gasteiger partial charge on any atom is -0.491 e. The maximum absolute atomic E-state index is 14.3. The summed E-state index contributed by atoms with van der Waals surface area (Å²) in [7, 11) is 0. The van der Waals surface area contributed by atoms with Crippen LogP contribution in [0.4, 0.5) is 9.18 Å². The Balaban J connectivity index is 1.39. The third-order valence-corrected chi connectivity index (χ3v) is 7.54. The Kier molecular flexibility index (Phi) is 7.32. The number of imide groups is 1. The van der Waals surface area contributed by atoms with Crippen LogP contribution in [0.25, 0.3) is 0 Å². The zero-order valence-corrected chi connectivity index (χ0v) is 22.2. The van der Waals surface area contributed by atoms with E-state index in [0.717, 1.165) is 11.3 Å². The second-order valence-electron chi connectivity index (χ2n) is 10.6. The number of hydrogen-bond donors (Lipinski definition) is 0. The number of rotatable bonds is 8. The standard InChI is InChI=1S/C29H35FN5O3/c1-21(2)38-26-10-4-7-23(17-26)19-32-15-16-35(20-22(32)3)27(24-8-5-9-25(30)18-24)28(36)34(29(35)37)14-13-33-12-6-11-31-33/h4-12,17-18,21-22,27H,13-16,19-20H2,1-3H3/q+1. The fraction of sp³-hybridized carbons (Fsp3) is 0.414. The molecule has 9 heteroatoms. The lowest BCUT2D eigenvalue weighted by Crippen LogP contribution is -2.64. The summed E-state index contributed by atoms with van der Waals surface area (Å²) in [5.74, 6) is 0.156. The summed E-state index contributed by atoms with van der Waals surface area (Å²) in [6.07, 6.45) is 3.57. The summed E-state index contributed by atoms with van der Waals surface area (Å²) in [6, 6.07) is 15.1. The maximum atomic E-state index is 14.3. The van der Waals surface area contributed by atoms with Gasteiger partial charge in [0.15, 0.2) is 0 Å². The second kappa shape index (κ2) is 10.7. The molecule has 2 aliphatic heterocycles. The molecular formula is C29H35FN5O3+. The van der Waals surface area contributed by atoms with Crippen LogP contribution in [0.5, 0.6) is 5.75 Å². The number of nitrogens with zero attached hydrogens (tertiary/aromatic N) is 5. The van der Waals surface area contributed by atoms with Crippen molar-refractivity contribution >= 4 is 11.9 Å². The first kappa shape index (κ1) is 26.1. The van der Waals surface area contributed by atoms with Crippen LogP contribution in [-0.4, -0.2) is 74.3 Å². The van der Waals surface area contributed by atoms with Gasteiger partial charge in [-0.05, 0) is 56.7 Å². The first-order valence-electron chi connectivity index (χ1n) is 13.2. The number of benzene rings is 2. The second-order valence-corrected chi connectivity index (χ2v) is 10.6. The number of amides is 3. The molecule has 200 valence electrons. The highest BCUT2D eigenvalue weighted by Crippen LogP contribution is 2.41. The number of quaternary nitrogens is 1. The van der Waals surface area contributed by atoms with Crippen LogP contribution >= 0.6 is 0 Å². The number of urea groups is 1. The van der Waals surface area contributed by atoms with E-state index in [0.29, 0.717) is 38.3 Å². The molecule has 0 bridgehead atoms. The molecule has 3 aromatic rings. The Morgan fingerprint density at radius 3 is 2.63 bits per heavy atom. The van der Waals surface area contributed by atoms with Crippen LogP contribution in [0.15, 0.2) is 67.0 Å². The Bertz CT molecular complexity index is 1300. The number of ether oxygens (including phenoxy) is 1. The fourth-order valence-corrected chi connectivity index (χ4v) is 5.82. The molecular weight excluding hydrogens is 485 g/mol. The lowest BCUT2D eigenvalue weighted by Gasteiger charge is -2.45. The van der Waals surface area contributed by atoms with Gasteiger partial charge in [0.2, 0.25) is 6.04 Å². The van der Waals surface area contributed by atoms with Crippen LogP contribution in [0, 0.1) is 5.82 Å². The van der Waals surface area contributed by atoms with Gasteiger partial charge in [0.25, 0.3) is 5.91 Å². The molecule has 3 amide bonds. The lowest BCUT2D eigenvalue weighted by molar-refractivity contribution is -0.875. The maximum Gasteiger partial charge on any atom is 0.427 e. The van der Waals surface area contributed by atoms with E-state index in [1.807, 2.05) is 38.2 Å². The number of halogens is 1. The molecule has 38 heavy (non-hydrogen) atoms. The average Bonchev–Trinajstić information content (AvgIpc) is 3.45. The summed E-state index contributed by atoms with van der Waals surface area (Å²) in [6.45, 7) is 9.03. The highest BCUT2D eigenvalue weighted by Gasteiger charge is 2.62. The summed E-state index contributed by atoms with van der Waals surface area (Å²) in [5, 5.41) is 4.20. The van der Waals surface area contributed by atoms with Crippen LogP contribution in [0.3, 0.4) is 0 Å². The molecule has 2 saturated heterocycles. The van der Waals surface area contributed by atoms with Crippen molar-refractivity contribution in [2.45, 2.75) is 52.0 Å². The van der Waals surface area contributed by atoms with Gasteiger partial charge in [0.05, 0.1) is 25.2 Å². The van der Waals surface area contributed by atoms with E-state index in [1.165, 1.54) is 17.0 Å². The SMILES string of the molecule is CC(C)Oc1cccc(CN2CC[N+]3(CC2C)C(=O)N(CCn2cccn2)C(=O)C3c2cccc(F)c2)c1. The van der Waals surface area contributed by atoms with Gasteiger partial charge in [-0.1, -0.05) is 24.3 Å². The van der Waals surface area contributed by atoms with E-state index in [9.17, 15) is 14.0 Å². The number of carbonyl (C=O) groups is 2. The number of hydrogen-bond acceptors (Lipinski definition) is 5. The molecule has 2 aliphatic rings. The topological polar surface area (TPSA) is 67.7 Å². The van der Waals surface area contributed by atoms with Crippen molar-refractivity contribution in [2.75, 3.05) is 26.2 Å². The molecule has 2 aromatic carbocycles. The average molecular weight is 521 g/mol. The van der Waals surface area contributed by atoms with E-state index in [-0.39, 0.29) is 35.1 Å². The van der Waals surface area contributed by atoms with Crippen LogP contribution in [0.1, 0.15) is 37.9 Å². The van der Waals surface area contributed by atoms with Crippen molar-refractivity contribution in [3.8, 4) is 5.75 Å². The zero-order chi connectivity index (χ0) is 26.9. The molecule has 0 radical (unpaired) electrons. The van der Waals surface area contributed by atoms with Gasteiger partial charge in [-0.15, -0.1) is 0 Å². The number of piperazine rings is 1. The Morgan fingerprint density at radius 1 is 1.11 bits per heavy atom. The molecule has 3 atom stereocenters. The summed E-state index contributed by atoms with van der Waals surface area (Å²) >= 11 is 0. The highest BCUT2D eigenvalue weighted by atomic mass is 19.1. The third-order valence-electron chi connectivity index (χ3n) is 7.54. The lowest BCUT2D eigenvalue weighted by atomic mass is 9.99. The summed E-state index contributed by atoms with van der Waals surface area (Å²) in [5.41, 5.74) is 1.68. The Labute approximate surface area is 222 Å². The van der Waals surface area contributed by atoms with Gasteiger partial charge in [-0.25, -0.2) is 18.6 Å². The predicted molar refractivity (Wildman–Crippen MR) is 141 cm³/mol. The van der Waals surface area contributed by atoms with Crippen molar-refractivity contribution in [3.63, 3.8) is 0 Å². The quantitative estimate of drug-likeness (QED) is 0.329. The normalized spacial score (nSPS) is 24.1. The van der Waals surface area contributed by atoms with Crippen LogP contribution in [0.2, 0.25) is 0 Å². The third kappa shape index (κ3) is 5.08. The van der Waals surface area contributed by atoms with Gasteiger partial charge < -0.3 is 4.74 Å². The minimum absolute atomic E-state index is 0.0183. The molecule has 0 saturated carbocycles. The van der Waals surface area contributed by atoms with Crippen molar-refractivity contribution in [3.05, 3.63) is 83.9 Å². The van der Waals surface area contributed by atoms with Gasteiger partial charge >= 0.3 is 6.03 Å². The summed E-state index contributed by atoms with van der Waals surface area (Å²) < 4.78 is 21.8. The molecule has 3 heterocycles. The minimum atomic E-state index is -0.761.